The van der Waals surface area contributed by atoms with Gasteiger partial charge in [0.2, 0.25) is 0 Å². The van der Waals surface area contributed by atoms with Crippen LogP contribution in [0.3, 0.4) is 0 Å². The Hall–Kier alpha value is -2.91. The summed E-state index contributed by atoms with van der Waals surface area (Å²) in [5, 5.41) is 45.2. The highest BCUT2D eigenvalue weighted by atomic mass is 16.3. The molecule has 1 atom stereocenters. The monoisotopic (exact) mass is 367 g/mol. The second-order valence-corrected chi connectivity index (χ2v) is 5.83. The van der Waals surface area contributed by atoms with E-state index in [4.69, 9.17) is 10.5 Å². The fourth-order valence-electron chi connectivity index (χ4n) is 2.61. The molecule has 2 aromatic carbocycles. The highest BCUT2D eigenvalue weighted by Crippen LogP contribution is 2.22. The number of anilines is 1. The van der Waals surface area contributed by atoms with Crippen LogP contribution in [0.2, 0.25) is 0 Å². The Balaban J connectivity index is 1.82. The molecule has 0 fully saturated rings. The van der Waals surface area contributed by atoms with Crippen LogP contribution in [0, 0.1) is 5.41 Å². The molecule has 0 bridgehead atoms. The number of nitrogens with zero attached hydrogens (tertiary/aromatic N) is 3. The number of aliphatic imine (C=N–C) groups is 1. The molecule has 8 nitrogen and oxygen atoms in total. The van der Waals surface area contributed by atoms with Gasteiger partial charge in [0.15, 0.2) is 5.84 Å². The topological polar surface area (TPSA) is 125 Å². The molecular weight excluding hydrogens is 346 g/mol. The zero-order valence-corrected chi connectivity index (χ0v) is 14.6. The Morgan fingerprint density at radius 1 is 1.07 bits per heavy atom. The smallest absolute Gasteiger partial charge is 0.174 e. The van der Waals surface area contributed by atoms with E-state index in [1.54, 1.807) is 24.3 Å². The summed E-state index contributed by atoms with van der Waals surface area (Å²) in [6.07, 6.45) is -0.883. The first kappa shape index (κ1) is 18.9. The molecule has 0 saturated carbocycles. The van der Waals surface area contributed by atoms with Crippen LogP contribution in [0.1, 0.15) is 11.8 Å². The molecule has 1 aliphatic rings. The lowest BCUT2D eigenvalue weighted by atomic mass is 10.1. The van der Waals surface area contributed by atoms with Gasteiger partial charge in [-0.1, -0.05) is 30.3 Å². The van der Waals surface area contributed by atoms with Crippen LogP contribution < -0.4 is 10.3 Å². The molecule has 1 heterocycles. The number of rotatable bonds is 7. The Bertz CT molecular complexity index is 849. The molecule has 1 unspecified atom stereocenters. The summed E-state index contributed by atoms with van der Waals surface area (Å²) in [4.78, 5) is 4.45. The predicted octanol–water partition coefficient (Wildman–Crippen LogP) is 1.18. The maximum Gasteiger partial charge on any atom is 0.174 e. The van der Waals surface area contributed by atoms with Crippen molar-refractivity contribution in [1.82, 2.24) is 5.32 Å². The van der Waals surface area contributed by atoms with E-state index in [1.807, 2.05) is 30.3 Å². The van der Waals surface area contributed by atoms with Crippen molar-refractivity contribution in [3.63, 3.8) is 0 Å². The molecule has 27 heavy (non-hydrogen) atoms. The molecular formula is C19H21N5O3. The van der Waals surface area contributed by atoms with Crippen LogP contribution in [0.15, 0.2) is 64.7 Å². The van der Waals surface area contributed by atoms with Crippen molar-refractivity contribution in [2.45, 2.75) is 6.23 Å². The average Bonchev–Trinajstić information content (AvgIpc) is 3.03. The number of para-hydroxylation sites is 1. The molecule has 8 heteroatoms. The number of amidine groups is 1. The van der Waals surface area contributed by atoms with Gasteiger partial charge in [-0.15, -0.1) is 0 Å². The first-order chi connectivity index (χ1) is 13.1. The number of benzene rings is 2. The van der Waals surface area contributed by atoms with Gasteiger partial charge in [0.25, 0.3) is 0 Å². The van der Waals surface area contributed by atoms with E-state index in [-0.39, 0.29) is 25.6 Å². The van der Waals surface area contributed by atoms with Gasteiger partial charge in [0.1, 0.15) is 17.7 Å². The van der Waals surface area contributed by atoms with Crippen molar-refractivity contribution in [3.05, 3.63) is 60.2 Å². The van der Waals surface area contributed by atoms with Crippen molar-refractivity contribution in [3.8, 4) is 0 Å². The van der Waals surface area contributed by atoms with E-state index in [2.05, 4.69) is 15.4 Å². The van der Waals surface area contributed by atoms with Crippen molar-refractivity contribution >= 4 is 28.6 Å². The Labute approximate surface area is 156 Å². The fourth-order valence-corrected chi connectivity index (χ4v) is 2.61. The summed E-state index contributed by atoms with van der Waals surface area (Å²) in [7, 11) is 0. The molecule has 0 amide bonds. The van der Waals surface area contributed by atoms with E-state index in [0.29, 0.717) is 28.4 Å². The van der Waals surface area contributed by atoms with Gasteiger partial charge in [0, 0.05) is 6.54 Å². The molecule has 5 N–H and O–H groups in total. The van der Waals surface area contributed by atoms with E-state index >= 15 is 0 Å². The van der Waals surface area contributed by atoms with Gasteiger partial charge in [0.05, 0.1) is 24.6 Å². The summed E-state index contributed by atoms with van der Waals surface area (Å²) in [5.74, 6) is 0.0824. The van der Waals surface area contributed by atoms with Crippen molar-refractivity contribution in [2.75, 3.05) is 24.8 Å². The molecule has 0 spiro atoms. The largest absolute Gasteiger partial charge is 0.395 e. The third kappa shape index (κ3) is 4.26. The first-order valence-corrected chi connectivity index (χ1v) is 8.48. The second kappa shape index (κ2) is 8.65. The zero-order valence-electron chi connectivity index (χ0n) is 14.6. The van der Waals surface area contributed by atoms with Gasteiger partial charge in [-0.25, -0.2) is 10.0 Å². The summed E-state index contributed by atoms with van der Waals surface area (Å²) in [6.45, 7) is -0.105. The average molecular weight is 367 g/mol. The van der Waals surface area contributed by atoms with E-state index in [9.17, 15) is 10.2 Å². The lowest BCUT2D eigenvalue weighted by Gasteiger charge is -2.13. The first-order valence-electron chi connectivity index (χ1n) is 8.48. The zero-order chi connectivity index (χ0) is 19.2. The van der Waals surface area contributed by atoms with Crippen molar-refractivity contribution < 1.29 is 15.3 Å². The predicted molar refractivity (Wildman–Crippen MR) is 105 cm³/mol. The van der Waals surface area contributed by atoms with Crippen molar-refractivity contribution in [2.24, 2.45) is 10.1 Å². The number of hydrogen-bond donors (Lipinski definition) is 5. The minimum Gasteiger partial charge on any atom is -0.395 e. The summed E-state index contributed by atoms with van der Waals surface area (Å²) in [5.41, 5.74) is 2.54. The van der Waals surface area contributed by atoms with Gasteiger partial charge < -0.3 is 15.3 Å². The standard InChI is InChI=1S/C19H21N5O3/c20-18-17(16(12-26)23-24(18)15-4-2-1-3-5-15)22-14-8-6-13(7-9-14)19(27)21-10-11-25/h1-9,19-21,25-27H,10-12H2. The van der Waals surface area contributed by atoms with Gasteiger partial charge in [-0.05, 0) is 29.8 Å². The molecule has 0 radical (unpaired) electrons. The van der Waals surface area contributed by atoms with Crippen LogP contribution in [0.5, 0.6) is 0 Å². The Morgan fingerprint density at radius 2 is 1.78 bits per heavy atom. The van der Waals surface area contributed by atoms with Crippen LogP contribution >= 0.6 is 0 Å². The maximum atomic E-state index is 9.96. The number of nitrogens with one attached hydrogen (secondary N) is 2. The van der Waals surface area contributed by atoms with Crippen LogP contribution in [0.4, 0.5) is 11.4 Å². The number of aliphatic hydroxyl groups excluding tert-OH is 3. The highest BCUT2D eigenvalue weighted by molar-refractivity contribution is 6.72. The van der Waals surface area contributed by atoms with Crippen LogP contribution in [-0.4, -0.2) is 52.3 Å². The second-order valence-electron chi connectivity index (χ2n) is 5.83. The lowest BCUT2D eigenvalue weighted by molar-refractivity contribution is 0.129. The lowest BCUT2D eigenvalue weighted by Crippen LogP contribution is -2.27. The molecule has 140 valence electrons. The van der Waals surface area contributed by atoms with Crippen LogP contribution in [-0.2, 0) is 0 Å². The minimum atomic E-state index is -0.883. The minimum absolute atomic E-state index is 0.0634. The highest BCUT2D eigenvalue weighted by Gasteiger charge is 2.29. The van der Waals surface area contributed by atoms with Gasteiger partial charge in [-0.2, -0.15) is 5.10 Å². The molecule has 1 aliphatic heterocycles. The van der Waals surface area contributed by atoms with E-state index in [0.717, 1.165) is 0 Å². The maximum absolute atomic E-state index is 9.96. The van der Waals surface area contributed by atoms with Crippen molar-refractivity contribution in [1.29, 1.82) is 5.41 Å². The SMILES string of the molecule is N=C1C(=Nc2ccc(C(O)NCCO)cc2)C(CO)=NN1c1ccccc1. The third-order valence-electron chi connectivity index (χ3n) is 3.98. The molecule has 0 saturated heterocycles. The van der Waals surface area contributed by atoms with E-state index < -0.39 is 6.23 Å². The number of aliphatic hydroxyl groups is 3. The quantitative estimate of drug-likeness (QED) is 0.470. The summed E-state index contributed by atoms with van der Waals surface area (Å²) >= 11 is 0. The molecule has 2 aromatic rings. The molecule has 0 aliphatic carbocycles. The number of hydrogen-bond acceptors (Lipinski definition) is 7. The molecule has 0 aromatic heterocycles. The normalized spacial score (nSPS) is 16.7. The van der Waals surface area contributed by atoms with E-state index in [1.165, 1.54) is 5.01 Å². The Kier molecular flexibility index (Phi) is 6.05. The number of hydrazone groups is 1. The fraction of sp³-hybridized carbons (Fsp3) is 0.211. The Morgan fingerprint density at radius 3 is 2.41 bits per heavy atom. The molecule has 3 rings (SSSR count). The van der Waals surface area contributed by atoms with Crippen LogP contribution in [0.25, 0.3) is 0 Å². The van der Waals surface area contributed by atoms with Gasteiger partial charge >= 0.3 is 0 Å². The third-order valence-corrected chi connectivity index (χ3v) is 3.98. The van der Waals surface area contributed by atoms with Gasteiger partial charge in [-0.3, -0.25) is 10.7 Å². The summed E-state index contributed by atoms with van der Waals surface area (Å²) < 4.78 is 0. The summed E-state index contributed by atoms with van der Waals surface area (Å²) in [6, 6.07) is 16.0.